The summed E-state index contributed by atoms with van der Waals surface area (Å²) in [6.45, 7) is 24.4. The molecule has 0 aliphatic carbocycles. The van der Waals surface area contributed by atoms with Gasteiger partial charge in [-0.2, -0.15) is 0 Å². The van der Waals surface area contributed by atoms with Crippen molar-refractivity contribution in [1.82, 2.24) is 25.1 Å². The van der Waals surface area contributed by atoms with Gasteiger partial charge in [0.15, 0.2) is 9.84 Å². The number of hydrogen-bond acceptors (Lipinski definition) is 14. The fraction of sp³-hybridized carbons (Fsp3) is 0.522. The number of pyridine rings is 2. The molecule has 0 saturated heterocycles. The van der Waals surface area contributed by atoms with E-state index in [1.54, 1.807) is 40.6 Å². The van der Waals surface area contributed by atoms with E-state index in [1.165, 1.54) is 39.8 Å². The van der Waals surface area contributed by atoms with Gasteiger partial charge in [-0.15, -0.1) is 34.4 Å². The Kier molecular flexibility index (Phi) is 21.5. The summed E-state index contributed by atoms with van der Waals surface area (Å²) in [5.41, 5.74) is 7.68. The Morgan fingerprint density at radius 2 is 1.28 bits per heavy atom. The Hall–Kier alpha value is -4.64. The Labute approximate surface area is 406 Å². The summed E-state index contributed by atoms with van der Waals surface area (Å²) in [7, 11) is -3.31. The largest absolute Gasteiger partial charge is 0.477 e. The fourth-order valence-corrected chi connectivity index (χ4v) is 11.1. The van der Waals surface area contributed by atoms with Crippen LogP contribution in [0.25, 0.3) is 0 Å². The zero-order valence-electron chi connectivity index (χ0n) is 40.4. The molecule has 372 valence electrons. The Bertz CT molecular complexity index is 2390. The van der Waals surface area contributed by atoms with E-state index in [1.807, 2.05) is 87.6 Å². The molecule has 67 heavy (non-hydrogen) atoms. The number of thioether (sulfide) groups is 1. The number of carbonyl (C=O) groups is 4. The molecular formula is C46H68N6O11S4. The predicted molar refractivity (Wildman–Crippen MR) is 263 cm³/mol. The molecule has 2 atom stereocenters. The normalized spacial score (nSPS) is 15.2. The number of hydrogen-bond donors (Lipinski definition) is 3. The van der Waals surface area contributed by atoms with Gasteiger partial charge in [0.05, 0.1) is 58.6 Å². The summed E-state index contributed by atoms with van der Waals surface area (Å²) < 4.78 is 34.8. The van der Waals surface area contributed by atoms with Crippen molar-refractivity contribution in [2.75, 3.05) is 11.5 Å². The van der Waals surface area contributed by atoms with Gasteiger partial charge in [0.25, 0.3) is 5.91 Å². The highest BCUT2D eigenvalue weighted by molar-refractivity contribution is 7.99. The van der Waals surface area contributed by atoms with Crippen LogP contribution in [0.2, 0.25) is 0 Å². The number of nitrogens with one attached hydrogen (secondary N) is 1. The first-order valence-corrected chi connectivity index (χ1v) is 25.8. The van der Waals surface area contributed by atoms with Crippen molar-refractivity contribution in [3.63, 3.8) is 0 Å². The number of fused-ring (bicyclic) bond motifs is 2. The number of rotatable bonds is 11. The van der Waals surface area contributed by atoms with Crippen LogP contribution in [-0.2, 0) is 45.5 Å². The quantitative estimate of drug-likeness (QED) is 0.120. The summed E-state index contributed by atoms with van der Waals surface area (Å²) in [4.78, 5) is 64.9. The highest BCUT2D eigenvalue weighted by atomic mass is 32.2. The highest BCUT2D eigenvalue weighted by Crippen LogP contribution is 2.45. The van der Waals surface area contributed by atoms with E-state index in [9.17, 15) is 27.6 Å². The molecular weight excluding hydrogens is 941 g/mol. The lowest BCUT2D eigenvalue weighted by Crippen LogP contribution is -2.37. The van der Waals surface area contributed by atoms with Crippen LogP contribution in [0.5, 0.6) is 0 Å². The van der Waals surface area contributed by atoms with Gasteiger partial charge in [-0.3, -0.25) is 24.6 Å². The molecule has 0 spiro atoms. The van der Waals surface area contributed by atoms with Gasteiger partial charge in [-0.25, -0.2) is 22.8 Å². The lowest BCUT2D eigenvalue weighted by Gasteiger charge is -2.30. The third kappa shape index (κ3) is 16.0. The zero-order valence-corrected chi connectivity index (χ0v) is 43.6. The number of carbonyl (C=O) groups excluding carboxylic acids is 3. The van der Waals surface area contributed by atoms with Crippen LogP contribution in [0.15, 0.2) is 58.6 Å². The van der Waals surface area contributed by atoms with Crippen molar-refractivity contribution < 1.29 is 53.1 Å². The number of sulfone groups is 1. The molecule has 17 nitrogen and oxygen atoms in total. The second-order valence-corrected chi connectivity index (χ2v) is 23.9. The van der Waals surface area contributed by atoms with Crippen LogP contribution in [0.4, 0.5) is 9.59 Å². The Morgan fingerprint density at radius 1 is 0.806 bits per heavy atom. The second-order valence-electron chi connectivity index (χ2n) is 18.1. The van der Waals surface area contributed by atoms with Gasteiger partial charge in [0.2, 0.25) is 0 Å². The lowest BCUT2D eigenvalue weighted by molar-refractivity contribution is 0.0120. The smallest absolute Gasteiger partial charge is 0.411 e. The molecule has 8 N–H and O–H groups in total. The SMILES string of the molecule is CC(C)C1c2sc(C(=O)O)cc2CN1C(=O)OC(C)(C)C.CCS(=O)(=O)c1ccc(CNC(=O)c2cc3c(s2)C(C(C)C)N(C(=O)OC(C)(C)C)C3)nc1.CCSc1ccc(CN)nc1.O.O. The van der Waals surface area contributed by atoms with Crippen LogP contribution in [0.1, 0.15) is 147 Å². The number of nitrogens with two attached hydrogens (primary N) is 1. The number of carboxylic acid groups (broad SMARTS) is 1. The first kappa shape index (κ1) is 58.5. The Balaban J connectivity index is 0.000000386. The summed E-state index contributed by atoms with van der Waals surface area (Å²) in [5.74, 6) is 0.309. The van der Waals surface area contributed by atoms with Crippen molar-refractivity contribution in [3.8, 4) is 0 Å². The molecule has 0 aromatic carbocycles. The molecule has 6 heterocycles. The molecule has 0 bridgehead atoms. The average Bonchev–Trinajstić information content (AvgIpc) is 3.99. The van der Waals surface area contributed by atoms with E-state index < -0.39 is 27.0 Å². The molecule has 4 aromatic rings. The molecule has 2 aliphatic heterocycles. The van der Waals surface area contributed by atoms with Crippen LogP contribution < -0.4 is 11.1 Å². The van der Waals surface area contributed by atoms with Crippen molar-refractivity contribution in [2.45, 2.75) is 142 Å². The van der Waals surface area contributed by atoms with Crippen LogP contribution >= 0.6 is 34.4 Å². The van der Waals surface area contributed by atoms with Gasteiger partial charge in [-0.1, -0.05) is 41.5 Å². The maximum Gasteiger partial charge on any atom is 0.411 e. The number of thiophene rings is 2. The van der Waals surface area contributed by atoms with E-state index in [0.29, 0.717) is 35.1 Å². The van der Waals surface area contributed by atoms with Gasteiger partial charge >= 0.3 is 18.2 Å². The number of aromatic carboxylic acids is 1. The predicted octanol–water partition coefficient (Wildman–Crippen LogP) is 8.21. The van der Waals surface area contributed by atoms with Gasteiger partial charge in [0, 0.05) is 33.6 Å². The van der Waals surface area contributed by atoms with E-state index in [2.05, 4.69) is 28.3 Å². The van der Waals surface area contributed by atoms with Crippen molar-refractivity contribution in [1.29, 1.82) is 0 Å². The summed E-state index contributed by atoms with van der Waals surface area (Å²) >= 11 is 4.44. The monoisotopic (exact) mass is 1010 g/mol. The van der Waals surface area contributed by atoms with Crippen LogP contribution in [0, 0.1) is 11.8 Å². The van der Waals surface area contributed by atoms with E-state index in [4.69, 9.17) is 20.3 Å². The Morgan fingerprint density at radius 3 is 1.67 bits per heavy atom. The molecule has 4 aromatic heterocycles. The van der Waals surface area contributed by atoms with E-state index in [0.717, 1.165) is 32.3 Å². The number of amides is 3. The lowest BCUT2D eigenvalue weighted by atomic mass is 10.0. The zero-order chi connectivity index (χ0) is 48.6. The third-order valence-corrected chi connectivity index (χ3v) is 14.9. The van der Waals surface area contributed by atoms with Gasteiger partial charge in [0.1, 0.15) is 16.1 Å². The van der Waals surface area contributed by atoms with E-state index >= 15 is 0 Å². The molecule has 2 unspecified atom stereocenters. The third-order valence-electron chi connectivity index (χ3n) is 9.81. The molecule has 0 fully saturated rings. The number of carboxylic acids is 1. The first-order valence-electron chi connectivity index (χ1n) is 21.5. The van der Waals surface area contributed by atoms with Crippen molar-refractivity contribution in [2.24, 2.45) is 17.6 Å². The number of aromatic nitrogens is 2. The van der Waals surface area contributed by atoms with Crippen molar-refractivity contribution >= 4 is 68.3 Å². The summed E-state index contributed by atoms with van der Waals surface area (Å²) in [6, 6.07) is 10.4. The second kappa shape index (κ2) is 24.6. The summed E-state index contributed by atoms with van der Waals surface area (Å²) in [5, 5.41) is 11.9. The average molecular weight is 1010 g/mol. The standard InChI is InChI=1S/C23H31N3O5S2.C15H21NO4S.C8H12N2S.2H2O/c1-7-33(29,30)17-9-8-16(24-12-17)11-25-21(27)18-10-15-13-26(22(28)31-23(4,5)6)19(14(2)3)20(15)32-18;1-8(2)11-12-9(6-10(21-12)13(17)18)7-16(11)14(19)20-15(3,4)5;1-2-11-8-4-3-7(5-9)10-6-8;;/h8-10,12,14,19H,7,11,13H2,1-6H3,(H,25,27);6,8,11H,7H2,1-5H3,(H,17,18);3-4,6H,2,5,9H2,1H3;2*1H2. The summed E-state index contributed by atoms with van der Waals surface area (Å²) in [6.07, 6.45) is 2.49. The maximum absolute atomic E-state index is 12.7. The fourth-order valence-electron chi connectivity index (χ4n) is 6.93. The van der Waals surface area contributed by atoms with Crippen LogP contribution in [-0.4, -0.2) is 91.0 Å². The highest BCUT2D eigenvalue weighted by Gasteiger charge is 2.41. The molecule has 3 amide bonds. The number of nitrogens with zero attached hydrogens (tertiary/aromatic N) is 4. The first-order chi connectivity index (χ1) is 30.3. The van der Waals surface area contributed by atoms with Gasteiger partial charge in [-0.05, 0) is 107 Å². The molecule has 6 rings (SSSR count). The molecule has 0 saturated carbocycles. The maximum atomic E-state index is 12.7. The number of ether oxygens (including phenoxy) is 2. The molecule has 21 heteroatoms. The molecule has 2 aliphatic rings. The minimum atomic E-state index is -3.31. The van der Waals surface area contributed by atoms with Crippen LogP contribution in [0.3, 0.4) is 0 Å². The topological polar surface area (TPSA) is 274 Å². The van der Waals surface area contributed by atoms with E-state index in [-0.39, 0.29) is 70.2 Å². The molecule has 0 radical (unpaired) electrons. The van der Waals surface area contributed by atoms with Crippen molar-refractivity contribution in [3.05, 3.63) is 90.8 Å². The van der Waals surface area contributed by atoms with Gasteiger partial charge < -0.3 is 36.6 Å². The minimum absolute atomic E-state index is 0. The minimum Gasteiger partial charge on any atom is -0.477 e.